The molecule has 2 aromatic carbocycles. The van der Waals surface area contributed by atoms with Crippen LogP contribution in [-0.2, 0) is 4.74 Å². The lowest BCUT2D eigenvalue weighted by Crippen LogP contribution is -2.43. The van der Waals surface area contributed by atoms with Crippen molar-refractivity contribution in [2.45, 2.75) is 13.0 Å². The number of aromatic nitrogens is 1. The summed E-state index contributed by atoms with van der Waals surface area (Å²) < 4.78 is 21.7. The van der Waals surface area contributed by atoms with Crippen molar-refractivity contribution < 1.29 is 23.5 Å². The summed E-state index contributed by atoms with van der Waals surface area (Å²) >= 11 is 0. The first-order valence-electron chi connectivity index (χ1n) is 11.1. The highest BCUT2D eigenvalue weighted by atomic mass is 16.5. The molecule has 1 atom stereocenters. The zero-order valence-corrected chi connectivity index (χ0v) is 19.0. The van der Waals surface area contributed by atoms with Crippen LogP contribution in [0.3, 0.4) is 0 Å². The van der Waals surface area contributed by atoms with Gasteiger partial charge in [0.05, 0.1) is 33.0 Å². The molecular weight excluding hydrogens is 422 g/mol. The number of morpholine rings is 1. The van der Waals surface area contributed by atoms with Crippen molar-refractivity contribution in [2.75, 3.05) is 46.6 Å². The molecule has 1 aromatic heterocycles. The lowest BCUT2D eigenvalue weighted by Gasteiger charge is -2.35. The van der Waals surface area contributed by atoms with E-state index in [9.17, 15) is 4.79 Å². The molecule has 1 saturated heterocycles. The third-order valence-corrected chi connectivity index (χ3v) is 5.64. The second kappa shape index (κ2) is 11.0. The topological polar surface area (TPSA) is 86.1 Å². The van der Waals surface area contributed by atoms with Gasteiger partial charge in [-0.15, -0.1) is 0 Å². The quantitative estimate of drug-likeness (QED) is 0.532. The Morgan fingerprint density at radius 2 is 1.79 bits per heavy atom. The molecule has 0 aliphatic carbocycles. The lowest BCUT2D eigenvalue weighted by atomic mass is 10.0. The number of methoxy groups -OCH3 is 1. The zero-order chi connectivity index (χ0) is 23.0. The fourth-order valence-corrected chi connectivity index (χ4v) is 3.85. The second-order valence-electron chi connectivity index (χ2n) is 7.68. The van der Waals surface area contributed by atoms with E-state index in [1.54, 1.807) is 13.2 Å². The lowest BCUT2D eigenvalue weighted by molar-refractivity contribution is 0.0162. The first-order chi connectivity index (χ1) is 16.2. The average Bonchev–Trinajstić information content (AvgIpc) is 3.36. The third kappa shape index (κ3) is 5.71. The van der Waals surface area contributed by atoms with E-state index < -0.39 is 0 Å². The molecule has 1 fully saturated rings. The number of benzene rings is 2. The number of hydrogen-bond donors (Lipinski definition) is 1. The van der Waals surface area contributed by atoms with Crippen molar-refractivity contribution in [3.05, 3.63) is 65.9 Å². The summed E-state index contributed by atoms with van der Waals surface area (Å²) in [5.41, 5.74) is 2.18. The molecular formula is C25H29N3O5. The summed E-state index contributed by atoms with van der Waals surface area (Å²) in [4.78, 5) is 15.2. The number of nitrogens with zero attached hydrogens (tertiary/aromatic N) is 2. The first-order valence-corrected chi connectivity index (χ1v) is 11.1. The van der Waals surface area contributed by atoms with Gasteiger partial charge in [0, 0.05) is 31.3 Å². The van der Waals surface area contributed by atoms with E-state index >= 15 is 0 Å². The molecule has 1 aliphatic heterocycles. The molecule has 0 unspecified atom stereocenters. The van der Waals surface area contributed by atoms with Crippen molar-refractivity contribution in [3.63, 3.8) is 0 Å². The number of ether oxygens (including phenoxy) is 3. The van der Waals surface area contributed by atoms with Gasteiger partial charge in [0.1, 0.15) is 11.5 Å². The molecule has 0 bridgehead atoms. The standard InChI is InChI=1S/C25H29N3O5/c1-3-32-21-10-4-18(5-11-21)23(28-12-14-31-15-13-28)17-26-25(29)22-16-24(33-27-22)19-6-8-20(30-2)9-7-19/h4-11,16,23H,3,12-15,17H2,1-2H3,(H,26,29)/t23-/m0/s1. The summed E-state index contributed by atoms with van der Waals surface area (Å²) in [6.07, 6.45) is 0. The van der Waals surface area contributed by atoms with Crippen LogP contribution in [0.2, 0.25) is 0 Å². The van der Waals surface area contributed by atoms with E-state index in [1.165, 1.54) is 0 Å². The van der Waals surface area contributed by atoms with Gasteiger partial charge in [-0.3, -0.25) is 9.69 Å². The van der Waals surface area contributed by atoms with Gasteiger partial charge in [0.25, 0.3) is 5.91 Å². The maximum Gasteiger partial charge on any atom is 0.273 e. The predicted octanol–water partition coefficient (Wildman–Crippen LogP) is 3.55. The molecule has 174 valence electrons. The van der Waals surface area contributed by atoms with Crippen molar-refractivity contribution in [1.82, 2.24) is 15.4 Å². The van der Waals surface area contributed by atoms with Crippen LogP contribution in [0, 0.1) is 0 Å². The number of nitrogens with one attached hydrogen (secondary N) is 1. The predicted molar refractivity (Wildman–Crippen MR) is 124 cm³/mol. The maximum atomic E-state index is 12.8. The zero-order valence-electron chi connectivity index (χ0n) is 19.0. The highest BCUT2D eigenvalue weighted by molar-refractivity contribution is 5.93. The Morgan fingerprint density at radius 3 is 2.45 bits per heavy atom. The summed E-state index contributed by atoms with van der Waals surface area (Å²) in [7, 11) is 1.61. The number of carbonyl (C=O) groups is 1. The number of rotatable bonds is 9. The van der Waals surface area contributed by atoms with Crippen LogP contribution < -0.4 is 14.8 Å². The van der Waals surface area contributed by atoms with E-state index in [-0.39, 0.29) is 17.6 Å². The Labute approximate surface area is 193 Å². The minimum atomic E-state index is -0.275. The van der Waals surface area contributed by atoms with Crippen LogP contribution in [0.4, 0.5) is 0 Å². The van der Waals surface area contributed by atoms with E-state index in [4.69, 9.17) is 18.7 Å². The smallest absolute Gasteiger partial charge is 0.273 e. The van der Waals surface area contributed by atoms with Crippen LogP contribution in [0.1, 0.15) is 29.0 Å². The number of carbonyl (C=O) groups excluding carboxylic acids is 1. The molecule has 1 amide bonds. The molecule has 0 saturated carbocycles. The minimum absolute atomic E-state index is 0.0153. The molecule has 8 heteroatoms. The molecule has 1 aliphatic rings. The Hall–Kier alpha value is -3.36. The normalized spacial score (nSPS) is 15.1. The molecule has 0 radical (unpaired) electrons. The SMILES string of the molecule is CCOc1ccc([C@H](CNC(=O)c2cc(-c3ccc(OC)cc3)on2)N2CCOCC2)cc1. The molecule has 1 N–H and O–H groups in total. The molecule has 2 heterocycles. The van der Waals surface area contributed by atoms with Gasteiger partial charge < -0.3 is 24.1 Å². The van der Waals surface area contributed by atoms with Gasteiger partial charge in [-0.2, -0.15) is 0 Å². The summed E-state index contributed by atoms with van der Waals surface area (Å²) in [5, 5.41) is 6.98. The van der Waals surface area contributed by atoms with Gasteiger partial charge in [-0.05, 0) is 48.9 Å². The van der Waals surface area contributed by atoms with Crippen molar-refractivity contribution in [2.24, 2.45) is 0 Å². The fraction of sp³-hybridized carbons (Fsp3) is 0.360. The maximum absolute atomic E-state index is 12.8. The van der Waals surface area contributed by atoms with Crippen LogP contribution in [0.5, 0.6) is 11.5 Å². The summed E-state index contributed by atoms with van der Waals surface area (Å²) in [6.45, 7) is 5.99. The number of amides is 1. The second-order valence-corrected chi connectivity index (χ2v) is 7.68. The fourth-order valence-electron chi connectivity index (χ4n) is 3.85. The molecule has 4 rings (SSSR count). The highest BCUT2D eigenvalue weighted by Gasteiger charge is 2.24. The Balaban J connectivity index is 1.44. The van der Waals surface area contributed by atoms with E-state index in [0.717, 1.165) is 35.7 Å². The molecule has 8 nitrogen and oxygen atoms in total. The Morgan fingerprint density at radius 1 is 1.09 bits per heavy atom. The highest BCUT2D eigenvalue weighted by Crippen LogP contribution is 2.25. The molecule has 33 heavy (non-hydrogen) atoms. The summed E-state index contributed by atoms with van der Waals surface area (Å²) in [6, 6.07) is 17.1. The van der Waals surface area contributed by atoms with Crippen LogP contribution in [0.15, 0.2) is 59.1 Å². The number of hydrogen-bond acceptors (Lipinski definition) is 7. The monoisotopic (exact) mass is 451 g/mol. The van der Waals surface area contributed by atoms with Crippen molar-refractivity contribution in [1.29, 1.82) is 0 Å². The van der Waals surface area contributed by atoms with Gasteiger partial charge in [0.15, 0.2) is 11.5 Å². The van der Waals surface area contributed by atoms with Gasteiger partial charge >= 0.3 is 0 Å². The third-order valence-electron chi connectivity index (χ3n) is 5.64. The van der Waals surface area contributed by atoms with Gasteiger partial charge in [-0.25, -0.2) is 0 Å². The van der Waals surface area contributed by atoms with E-state index in [2.05, 4.69) is 27.5 Å². The first kappa shape index (κ1) is 22.8. The minimum Gasteiger partial charge on any atom is -0.497 e. The summed E-state index contributed by atoms with van der Waals surface area (Å²) in [5.74, 6) is 1.83. The molecule has 3 aromatic rings. The molecule has 0 spiro atoms. The Kier molecular flexibility index (Phi) is 7.59. The largest absolute Gasteiger partial charge is 0.497 e. The Bertz CT molecular complexity index is 1030. The van der Waals surface area contributed by atoms with Crippen LogP contribution >= 0.6 is 0 Å². The van der Waals surface area contributed by atoms with E-state index in [1.807, 2.05) is 43.3 Å². The van der Waals surface area contributed by atoms with Crippen LogP contribution in [-0.4, -0.2) is 62.5 Å². The average molecular weight is 452 g/mol. The van der Waals surface area contributed by atoms with Gasteiger partial charge in [0.2, 0.25) is 0 Å². The van der Waals surface area contributed by atoms with Crippen molar-refractivity contribution in [3.8, 4) is 22.8 Å². The van der Waals surface area contributed by atoms with E-state index in [0.29, 0.717) is 32.1 Å². The van der Waals surface area contributed by atoms with Crippen molar-refractivity contribution >= 4 is 5.91 Å². The van der Waals surface area contributed by atoms with Crippen LogP contribution in [0.25, 0.3) is 11.3 Å². The van der Waals surface area contributed by atoms with Gasteiger partial charge in [-0.1, -0.05) is 17.3 Å².